The Bertz CT molecular complexity index is 780. The molecule has 1 amide bonds. The van der Waals surface area contributed by atoms with Crippen molar-refractivity contribution < 1.29 is 14.8 Å². The number of hydrogen-bond donors (Lipinski definition) is 2. The third-order valence-corrected chi connectivity index (χ3v) is 3.44. The zero-order chi connectivity index (χ0) is 17.7. The predicted molar refractivity (Wildman–Crippen MR) is 87.9 cm³/mol. The molecule has 24 heavy (non-hydrogen) atoms. The van der Waals surface area contributed by atoms with E-state index in [-0.39, 0.29) is 12.2 Å². The molecule has 0 fully saturated rings. The summed E-state index contributed by atoms with van der Waals surface area (Å²) >= 11 is 0. The van der Waals surface area contributed by atoms with Crippen molar-refractivity contribution in [3.63, 3.8) is 0 Å². The maximum Gasteiger partial charge on any atom is 0.270 e. The van der Waals surface area contributed by atoms with Crippen molar-refractivity contribution >= 4 is 17.7 Å². The van der Waals surface area contributed by atoms with E-state index in [4.69, 9.17) is 0 Å². The molecule has 8 heteroatoms. The van der Waals surface area contributed by atoms with Crippen LogP contribution in [0.1, 0.15) is 18.1 Å². The maximum atomic E-state index is 11.9. The summed E-state index contributed by atoms with van der Waals surface area (Å²) in [6.45, 7) is 1.59. The van der Waals surface area contributed by atoms with Gasteiger partial charge in [-0.1, -0.05) is 12.1 Å². The number of rotatable bonds is 6. The lowest BCUT2D eigenvalue weighted by molar-refractivity contribution is -0.384. The Morgan fingerprint density at radius 2 is 2.29 bits per heavy atom. The standard InChI is InChI=1S/C16H18N4O4/c1-16(22,13-9-18-19(2)10-13)11-17-15(21)7-6-12-4-3-5-14(8-12)20(23)24/h3-10,22H,11H2,1-2H3,(H,17,21). The summed E-state index contributed by atoms with van der Waals surface area (Å²) in [5.41, 5.74) is -0.160. The molecule has 1 heterocycles. The number of aliphatic hydroxyl groups is 1. The quantitative estimate of drug-likeness (QED) is 0.472. The minimum atomic E-state index is -1.25. The molecular weight excluding hydrogens is 312 g/mol. The molecule has 0 radical (unpaired) electrons. The SMILES string of the molecule is Cn1cc(C(C)(O)CNC(=O)C=Cc2cccc([N+](=O)[O-])c2)cn1. The first-order valence-corrected chi connectivity index (χ1v) is 7.20. The number of nitrogens with zero attached hydrogens (tertiary/aromatic N) is 3. The van der Waals surface area contributed by atoms with Gasteiger partial charge in [-0.25, -0.2) is 0 Å². The van der Waals surface area contributed by atoms with Gasteiger partial charge in [0.25, 0.3) is 5.69 Å². The van der Waals surface area contributed by atoms with Crippen molar-refractivity contribution in [3.05, 3.63) is 64.0 Å². The number of non-ortho nitro benzene ring substituents is 1. The highest BCUT2D eigenvalue weighted by atomic mass is 16.6. The summed E-state index contributed by atoms with van der Waals surface area (Å²) in [5.74, 6) is -0.411. The Morgan fingerprint density at radius 1 is 1.54 bits per heavy atom. The summed E-state index contributed by atoms with van der Waals surface area (Å²) < 4.78 is 1.56. The highest BCUT2D eigenvalue weighted by Gasteiger charge is 2.24. The van der Waals surface area contributed by atoms with E-state index in [2.05, 4.69) is 10.4 Å². The van der Waals surface area contributed by atoms with Crippen molar-refractivity contribution in [2.24, 2.45) is 7.05 Å². The van der Waals surface area contributed by atoms with Crippen molar-refractivity contribution in [1.29, 1.82) is 0 Å². The summed E-state index contributed by atoms with van der Waals surface area (Å²) in [6, 6.07) is 5.95. The number of nitrogens with one attached hydrogen (secondary N) is 1. The molecule has 2 N–H and O–H groups in total. The molecule has 1 atom stereocenters. The lowest BCUT2D eigenvalue weighted by Gasteiger charge is -2.21. The maximum absolute atomic E-state index is 11.9. The monoisotopic (exact) mass is 330 g/mol. The van der Waals surface area contributed by atoms with Crippen LogP contribution in [-0.4, -0.2) is 32.3 Å². The van der Waals surface area contributed by atoms with Gasteiger partial charge in [0.05, 0.1) is 17.7 Å². The van der Waals surface area contributed by atoms with E-state index in [9.17, 15) is 20.0 Å². The van der Waals surface area contributed by atoms with Gasteiger partial charge in [0.15, 0.2) is 0 Å². The topological polar surface area (TPSA) is 110 Å². The first-order chi connectivity index (χ1) is 11.3. The molecule has 2 aromatic rings. The molecule has 126 valence electrons. The van der Waals surface area contributed by atoms with Crippen LogP contribution >= 0.6 is 0 Å². The lowest BCUT2D eigenvalue weighted by Crippen LogP contribution is -2.37. The van der Waals surface area contributed by atoms with Gasteiger partial charge in [-0.2, -0.15) is 5.10 Å². The van der Waals surface area contributed by atoms with Crippen LogP contribution in [0.3, 0.4) is 0 Å². The van der Waals surface area contributed by atoms with Crippen LogP contribution in [0.15, 0.2) is 42.7 Å². The van der Waals surface area contributed by atoms with E-state index in [0.717, 1.165) is 0 Å². The van der Waals surface area contributed by atoms with E-state index < -0.39 is 16.4 Å². The fourth-order valence-electron chi connectivity index (χ4n) is 2.03. The average molecular weight is 330 g/mol. The van der Waals surface area contributed by atoms with Crippen molar-refractivity contribution in [2.45, 2.75) is 12.5 Å². The second-order valence-corrected chi connectivity index (χ2v) is 5.58. The third-order valence-electron chi connectivity index (χ3n) is 3.44. The molecule has 0 bridgehead atoms. The summed E-state index contributed by atoms with van der Waals surface area (Å²) in [7, 11) is 1.74. The van der Waals surface area contributed by atoms with Crippen LogP contribution < -0.4 is 5.32 Å². The minimum absolute atomic E-state index is 0.0107. The molecule has 1 aromatic heterocycles. The molecule has 1 unspecified atom stereocenters. The first kappa shape index (κ1) is 17.4. The fourth-order valence-corrected chi connectivity index (χ4v) is 2.03. The van der Waals surface area contributed by atoms with E-state index in [1.54, 1.807) is 37.0 Å². The molecule has 2 rings (SSSR count). The Labute approximate surface area is 138 Å². The van der Waals surface area contributed by atoms with E-state index >= 15 is 0 Å². The Hall–Kier alpha value is -3.00. The zero-order valence-corrected chi connectivity index (χ0v) is 13.3. The van der Waals surface area contributed by atoms with Gasteiger partial charge < -0.3 is 10.4 Å². The number of aryl methyl sites for hydroxylation is 1. The van der Waals surface area contributed by atoms with Crippen LogP contribution in [0.4, 0.5) is 5.69 Å². The molecule has 8 nitrogen and oxygen atoms in total. The van der Waals surface area contributed by atoms with Gasteiger partial charge in [0.1, 0.15) is 5.60 Å². The highest BCUT2D eigenvalue weighted by Crippen LogP contribution is 2.18. The molecule has 0 aliphatic rings. The number of nitro benzene ring substituents is 1. The van der Waals surface area contributed by atoms with Crippen molar-refractivity contribution in [1.82, 2.24) is 15.1 Å². The van der Waals surface area contributed by atoms with Gasteiger partial charge in [-0.15, -0.1) is 0 Å². The van der Waals surface area contributed by atoms with Gasteiger partial charge in [0, 0.05) is 37.0 Å². The second kappa shape index (κ2) is 7.05. The summed E-state index contributed by atoms with van der Waals surface area (Å²) in [5, 5.41) is 27.6. The number of benzene rings is 1. The summed E-state index contributed by atoms with van der Waals surface area (Å²) in [4.78, 5) is 22.1. The summed E-state index contributed by atoms with van der Waals surface area (Å²) in [6.07, 6.45) is 5.94. The normalized spacial score (nSPS) is 13.6. The van der Waals surface area contributed by atoms with E-state index in [1.165, 1.54) is 30.5 Å². The number of aromatic nitrogens is 2. The Balaban J connectivity index is 1.95. The van der Waals surface area contributed by atoms with Gasteiger partial charge in [0.2, 0.25) is 5.91 Å². The highest BCUT2D eigenvalue weighted by molar-refractivity contribution is 5.91. The molecule has 0 aliphatic heterocycles. The van der Waals surface area contributed by atoms with Crippen LogP contribution in [-0.2, 0) is 17.4 Å². The lowest BCUT2D eigenvalue weighted by atomic mass is 10.00. The fraction of sp³-hybridized carbons (Fsp3) is 0.250. The van der Waals surface area contributed by atoms with Crippen molar-refractivity contribution in [3.8, 4) is 0 Å². The largest absolute Gasteiger partial charge is 0.383 e. The van der Waals surface area contributed by atoms with Crippen LogP contribution in [0.25, 0.3) is 6.08 Å². The molecule has 0 saturated carbocycles. The smallest absolute Gasteiger partial charge is 0.270 e. The minimum Gasteiger partial charge on any atom is -0.383 e. The number of amides is 1. The van der Waals surface area contributed by atoms with Gasteiger partial charge in [-0.05, 0) is 18.6 Å². The molecular formula is C16H18N4O4. The molecule has 1 aromatic carbocycles. The average Bonchev–Trinajstić information content (AvgIpc) is 2.99. The molecule has 0 saturated heterocycles. The molecule has 0 aliphatic carbocycles. The van der Waals surface area contributed by atoms with Gasteiger partial charge >= 0.3 is 0 Å². The predicted octanol–water partition coefficient (Wildman–Crippen LogP) is 1.37. The second-order valence-electron chi connectivity index (χ2n) is 5.58. The van der Waals surface area contributed by atoms with E-state index in [0.29, 0.717) is 11.1 Å². The number of hydrogen-bond acceptors (Lipinski definition) is 5. The van der Waals surface area contributed by atoms with Gasteiger partial charge in [-0.3, -0.25) is 19.6 Å². The Kier molecular flexibility index (Phi) is 5.10. The van der Waals surface area contributed by atoms with Crippen LogP contribution in [0.5, 0.6) is 0 Å². The first-order valence-electron chi connectivity index (χ1n) is 7.20. The Morgan fingerprint density at radius 3 is 2.92 bits per heavy atom. The number of carbonyl (C=O) groups is 1. The zero-order valence-electron chi connectivity index (χ0n) is 13.3. The molecule has 0 spiro atoms. The van der Waals surface area contributed by atoms with Crippen LogP contribution in [0.2, 0.25) is 0 Å². The third kappa shape index (κ3) is 4.50. The number of carbonyl (C=O) groups excluding carboxylic acids is 1. The van der Waals surface area contributed by atoms with Crippen molar-refractivity contribution in [2.75, 3.05) is 6.54 Å². The van der Waals surface area contributed by atoms with E-state index in [1.807, 2.05) is 0 Å². The number of nitro groups is 1. The van der Waals surface area contributed by atoms with Crippen LogP contribution in [0, 0.1) is 10.1 Å².